The minimum absolute atomic E-state index is 0.0969. The number of hydrogen-bond donors (Lipinski definition) is 0. The highest BCUT2D eigenvalue weighted by molar-refractivity contribution is 6.32. The Morgan fingerprint density at radius 3 is 2.63 bits per heavy atom. The van der Waals surface area contributed by atoms with Crippen LogP contribution in [-0.4, -0.2) is 19.0 Å². The number of rotatable bonds is 4. The van der Waals surface area contributed by atoms with Gasteiger partial charge in [0.15, 0.2) is 11.5 Å². The second-order valence-electron chi connectivity index (χ2n) is 5.17. The molecule has 0 aromatic heterocycles. The third-order valence-electron chi connectivity index (χ3n) is 3.57. The molecule has 0 radical (unpaired) electrons. The summed E-state index contributed by atoms with van der Waals surface area (Å²) in [5.41, 5.74) is 0.439. The molecule has 0 unspecified atom stereocenters. The summed E-state index contributed by atoms with van der Waals surface area (Å²) >= 11 is 6.18. The fraction of sp³-hybridized carbons (Fsp3) is 0.533. The lowest BCUT2D eigenvalue weighted by Crippen LogP contribution is -2.14. The van der Waals surface area contributed by atoms with Crippen LogP contribution in [0.4, 0.5) is 0 Å². The number of benzene rings is 1. The Hall–Kier alpha value is -1.22. The van der Waals surface area contributed by atoms with Gasteiger partial charge in [0.2, 0.25) is 0 Å². The average Bonchev–Trinajstić information content (AvgIpc) is 2.76. The molecule has 3 nitrogen and oxygen atoms in total. The Morgan fingerprint density at radius 2 is 2.11 bits per heavy atom. The van der Waals surface area contributed by atoms with E-state index in [0.29, 0.717) is 28.0 Å². The topological polar surface area (TPSA) is 35.5 Å². The molecule has 2 rings (SSSR count). The van der Waals surface area contributed by atoms with Gasteiger partial charge < -0.3 is 9.47 Å². The lowest BCUT2D eigenvalue weighted by molar-refractivity contribution is 0.100. The van der Waals surface area contributed by atoms with Crippen molar-refractivity contribution in [2.24, 2.45) is 5.92 Å². The van der Waals surface area contributed by atoms with Gasteiger partial charge in [0.1, 0.15) is 11.3 Å². The summed E-state index contributed by atoms with van der Waals surface area (Å²) < 4.78 is 11.2. The Bertz CT molecular complexity index is 485. The maximum absolute atomic E-state index is 11.8. The molecule has 2 atom stereocenters. The van der Waals surface area contributed by atoms with E-state index in [9.17, 15) is 4.79 Å². The van der Waals surface area contributed by atoms with Gasteiger partial charge in [0, 0.05) is 0 Å². The van der Waals surface area contributed by atoms with Crippen LogP contribution in [0.15, 0.2) is 12.1 Å². The zero-order valence-corrected chi connectivity index (χ0v) is 12.3. The van der Waals surface area contributed by atoms with Gasteiger partial charge in [-0.25, -0.2) is 0 Å². The van der Waals surface area contributed by atoms with E-state index >= 15 is 0 Å². The summed E-state index contributed by atoms with van der Waals surface area (Å²) in [6.45, 7) is 3.71. The number of ketones is 1. The van der Waals surface area contributed by atoms with Crippen LogP contribution in [0.2, 0.25) is 5.02 Å². The quantitative estimate of drug-likeness (QED) is 0.779. The minimum Gasteiger partial charge on any atom is -0.496 e. The molecule has 0 bridgehead atoms. The maximum atomic E-state index is 11.8. The molecule has 0 saturated heterocycles. The zero-order valence-electron chi connectivity index (χ0n) is 11.5. The van der Waals surface area contributed by atoms with Gasteiger partial charge in [-0.1, -0.05) is 18.5 Å². The normalized spacial score (nSPS) is 22.3. The van der Waals surface area contributed by atoms with Crippen molar-refractivity contribution in [3.63, 3.8) is 0 Å². The first kappa shape index (κ1) is 14.2. The highest BCUT2D eigenvalue weighted by Crippen LogP contribution is 2.39. The van der Waals surface area contributed by atoms with E-state index in [-0.39, 0.29) is 11.9 Å². The fourth-order valence-electron chi connectivity index (χ4n) is 2.59. The van der Waals surface area contributed by atoms with Gasteiger partial charge >= 0.3 is 0 Å². The largest absolute Gasteiger partial charge is 0.496 e. The van der Waals surface area contributed by atoms with Crippen molar-refractivity contribution in [2.75, 3.05) is 7.11 Å². The third kappa shape index (κ3) is 3.03. The van der Waals surface area contributed by atoms with Crippen LogP contribution in [0, 0.1) is 5.92 Å². The Labute approximate surface area is 118 Å². The first-order valence-corrected chi connectivity index (χ1v) is 6.94. The number of methoxy groups -OCH3 is 1. The van der Waals surface area contributed by atoms with Crippen LogP contribution in [0.3, 0.4) is 0 Å². The molecule has 1 aromatic carbocycles. The number of halogens is 1. The maximum Gasteiger partial charge on any atom is 0.167 e. The molecule has 1 aliphatic rings. The molecular weight excluding hydrogens is 264 g/mol. The molecule has 1 aliphatic carbocycles. The lowest BCUT2D eigenvalue weighted by atomic mass is 10.1. The summed E-state index contributed by atoms with van der Waals surface area (Å²) in [5.74, 6) is 1.54. The Kier molecular flexibility index (Phi) is 4.35. The first-order valence-electron chi connectivity index (χ1n) is 6.57. The molecule has 0 N–H and O–H groups in total. The van der Waals surface area contributed by atoms with Gasteiger partial charge in [0.05, 0.1) is 18.2 Å². The van der Waals surface area contributed by atoms with E-state index in [0.717, 1.165) is 19.3 Å². The Morgan fingerprint density at radius 1 is 1.37 bits per heavy atom. The molecule has 0 amide bonds. The van der Waals surface area contributed by atoms with Gasteiger partial charge in [-0.2, -0.15) is 0 Å². The lowest BCUT2D eigenvalue weighted by Gasteiger charge is -2.18. The standard InChI is InChI=1S/C15H19ClO3/c1-9-4-5-11(8-9)19-15-12(16)6-7-13(18-3)14(15)10(2)17/h6-7,9,11H,4-5,8H2,1-3H3/t9-,11+/m0/s1. The summed E-state index contributed by atoms with van der Waals surface area (Å²) in [6, 6.07) is 3.41. The molecule has 1 aromatic rings. The second-order valence-corrected chi connectivity index (χ2v) is 5.58. The molecule has 104 valence electrons. The molecule has 19 heavy (non-hydrogen) atoms. The zero-order chi connectivity index (χ0) is 14.0. The number of carbonyl (C=O) groups is 1. The van der Waals surface area contributed by atoms with Gasteiger partial charge in [-0.05, 0) is 44.2 Å². The van der Waals surface area contributed by atoms with E-state index < -0.39 is 0 Å². The molecule has 1 saturated carbocycles. The number of Topliss-reactive ketones (excluding diaryl/α,β-unsaturated/α-hetero) is 1. The molecule has 0 aliphatic heterocycles. The summed E-state index contributed by atoms with van der Waals surface area (Å²) in [5, 5.41) is 0.463. The Balaban J connectivity index is 2.34. The molecule has 0 spiro atoms. The molecule has 1 fully saturated rings. The second kappa shape index (κ2) is 5.83. The van der Waals surface area contributed by atoms with Crippen molar-refractivity contribution < 1.29 is 14.3 Å². The van der Waals surface area contributed by atoms with E-state index in [1.54, 1.807) is 12.1 Å². The van der Waals surface area contributed by atoms with Crippen LogP contribution in [0.5, 0.6) is 11.5 Å². The van der Waals surface area contributed by atoms with Crippen LogP contribution in [0.25, 0.3) is 0 Å². The fourth-order valence-corrected chi connectivity index (χ4v) is 2.79. The number of hydrogen-bond acceptors (Lipinski definition) is 3. The number of carbonyl (C=O) groups excluding carboxylic acids is 1. The molecular formula is C15H19ClO3. The van der Waals surface area contributed by atoms with Crippen LogP contribution >= 0.6 is 11.6 Å². The third-order valence-corrected chi connectivity index (χ3v) is 3.87. The van der Waals surface area contributed by atoms with Gasteiger partial charge in [-0.15, -0.1) is 0 Å². The first-order chi connectivity index (χ1) is 9.02. The van der Waals surface area contributed by atoms with Crippen LogP contribution < -0.4 is 9.47 Å². The molecule has 0 heterocycles. The average molecular weight is 283 g/mol. The predicted molar refractivity (Wildman–Crippen MR) is 75.4 cm³/mol. The predicted octanol–water partition coefficient (Wildman–Crippen LogP) is 4.12. The van der Waals surface area contributed by atoms with Crippen molar-refractivity contribution >= 4 is 17.4 Å². The number of ether oxygens (including phenoxy) is 2. The SMILES string of the molecule is COc1ccc(Cl)c(O[C@@H]2CC[C@H](C)C2)c1C(C)=O. The van der Waals surface area contributed by atoms with Crippen molar-refractivity contribution in [3.05, 3.63) is 22.7 Å². The van der Waals surface area contributed by atoms with Crippen molar-refractivity contribution in [1.82, 2.24) is 0 Å². The summed E-state index contributed by atoms with van der Waals surface area (Å²) in [4.78, 5) is 11.8. The van der Waals surface area contributed by atoms with Crippen molar-refractivity contribution in [1.29, 1.82) is 0 Å². The van der Waals surface area contributed by atoms with Crippen molar-refractivity contribution in [2.45, 2.75) is 39.2 Å². The highest BCUT2D eigenvalue weighted by Gasteiger charge is 2.26. The van der Waals surface area contributed by atoms with Crippen molar-refractivity contribution in [3.8, 4) is 11.5 Å². The van der Waals surface area contributed by atoms with E-state index in [1.807, 2.05) is 0 Å². The molecule has 4 heteroatoms. The van der Waals surface area contributed by atoms with E-state index in [2.05, 4.69) is 6.92 Å². The van der Waals surface area contributed by atoms with E-state index in [4.69, 9.17) is 21.1 Å². The summed E-state index contributed by atoms with van der Waals surface area (Å²) in [6.07, 6.45) is 3.30. The summed E-state index contributed by atoms with van der Waals surface area (Å²) in [7, 11) is 1.54. The minimum atomic E-state index is -0.0969. The smallest absolute Gasteiger partial charge is 0.167 e. The van der Waals surface area contributed by atoms with Crippen LogP contribution in [0.1, 0.15) is 43.5 Å². The van der Waals surface area contributed by atoms with E-state index in [1.165, 1.54) is 14.0 Å². The highest BCUT2D eigenvalue weighted by atomic mass is 35.5. The van der Waals surface area contributed by atoms with Crippen LogP contribution in [-0.2, 0) is 0 Å². The van der Waals surface area contributed by atoms with Gasteiger partial charge in [-0.3, -0.25) is 4.79 Å². The van der Waals surface area contributed by atoms with Gasteiger partial charge in [0.25, 0.3) is 0 Å². The monoisotopic (exact) mass is 282 g/mol.